The topological polar surface area (TPSA) is 17.3 Å². The summed E-state index contributed by atoms with van der Waals surface area (Å²) in [5.41, 5.74) is 2.90. The standard InChI is InChI=1S/C16H23N2/c1-2-10-18(11-3-1)13-14-6-4-7-15(12-14)16-8-5-9-17-16/h4,6-7,12,16H,1-3,5,8-11,13H2. The van der Waals surface area contributed by atoms with Gasteiger partial charge in [-0.05, 0) is 49.9 Å². The fourth-order valence-corrected chi connectivity index (χ4v) is 3.17. The molecule has 2 fully saturated rings. The Bertz CT molecular complexity index is 376. The lowest BCUT2D eigenvalue weighted by atomic mass is 10.0. The molecule has 18 heavy (non-hydrogen) atoms. The first-order valence-electron chi connectivity index (χ1n) is 7.39. The van der Waals surface area contributed by atoms with Crippen molar-refractivity contribution < 1.29 is 0 Å². The van der Waals surface area contributed by atoms with Crippen LogP contribution in [0.15, 0.2) is 24.3 Å². The molecule has 2 heteroatoms. The van der Waals surface area contributed by atoms with Crippen LogP contribution in [0.3, 0.4) is 0 Å². The van der Waals surface area contributed by atoms with Crippen LogP contribution in [-0.2, 0) is 6.54 Å². The van der Waals surface area contributed by atoms with Gasteiger partial charge in [0.1, 0.15) is 0 Å². The Balaban J connectivity index is 1.66. The van der Waals surface area contributed by atoms with E-state index in [9.17, 15) is 0 Å². The zero-order valence-electron chi connectivity index (χ0n) is 11.1. The van der Waals surface area contributed by atoms with E-state index in [2.05, 4.69) is 34.5 Å². The molecule has 0 bridgehead atoms. The number of benzene rings is 1. The summed E-state index contributed by atoms with van der Waals surface area (Å²) in [7, 11) is 0. The molecule has 0 saturated carbocycles. The molecule has 0 aromatic heterocycles. The second-order valence-corrected chi connectivity index (χ2v) is 5.65. The second-order valence-electron chi connectivity index (χ2n) is 5.65. The van der Waals surface area contributed by atoms with E-state index >= 15 is 0 Å². The molecule has 2 nitrogen and oxygen atoms in total. The zero-order chi connectivity index (χ0) is 12.2. The number of hydrogen-bond acceptors (Lipinski definition) is 1. The average molecular weight is 243 g/mol. The molecule has 3 rings (SSSR count). The maximum Gasteiger partial charge on any atom is 0.0496 e. The number of rotatable bonds is 3. The van der Waals surface area contributed by atoms with Crippen LogP contribution in [-0.4, -0.2) is 24.5 Å². The molecule has 1 radical (unpaired) electrons. The van der Waals surface area contributed by atoms with E-state index < -0.39 is 0 Å². The normalized spacial score (nSPS) is 25.4. The highest BCUT2D eigenvalue weighted by atomic mass is 15.1. The second kappa shape index (κ2) is 5.85. The third-order valence-electron chi connectivity index (χ3n) is 4.18. The molecular weight excluding hydrogens is 220 g/mol. The Hall–Kier alpha value is -0.860. The Morgan fingerprint density at radius 1 is 1.11 bits per heavy atom. The molecule has 2 aliphatic rings. The third-order valence-corrected chi connectivity index (χ3v) is 4.18. The van der Waals surface area contributed by atoms with Gasteiger partial charge in [0.15, 0.2) is 0 Å². The summed E-state index contributed by atoms with van der Waals surface area (Å²) in [5, 5.41) is 4.68. The van der Waals surface area contributed by atoms with Crippen LogP contribution in [0.1, 0.15) is 49.3 Å². The maximum absolute atomic E-state index is 4.68. The van der Waals surface area contributed by atoms with Gasteiger partial charge in [0.2, 0.25) is 0 Å². The summed E-state index contributed by atoms with van der Waals surface area (Å²) in [6.07, 6.45) is 6.67. The van der Waals surface area contributed by atoms with Crippen molar-refractivity contribution in [3.63, 3.8) is 0 Å². The highest BCUT2D eigenvalue weighted by molar-refractivity contribution is 5.26. The lowest BCUT2D eigenvalue weighted by molar-refractivity contribution is 0.221. The van der Waals surface area contributed by atoms with Gasteiger partial charge in [-0.15, -0.1) is 0 Å². The van der Waals surface area contributed by atoms with E-state index in [1.165, 1.54) is 56.3 Å². The van der Waals surface area contributed by atoms with E-state index in [0.717, 1.165) is 13.1 Å². The molecule has 1 aromatic rings. The fourth-order valence-electron chi connectivity index (χ4n) is 3.17. The molecule has 2 heterocycles. The van der Waals surface area contributed by atoms with Gasteiger partial charge in [-0.25, -0.2) is 5.32 Å². The first-order valence-corrected chi connectivity index (χ1v) is 7.39. The highest BCUT2D eigenvalue weighted by Gasteiger charge is 2.18. The van der Waals surface area contributed by atoms with Gasteiger partial charge >= 0.3 is 0 Å². The van der Waals surface area contributed by atoms with Crippen molar-refractivity contribution in [1.29, 1.82) is 0 Å². The molecule has 2 aliphatic heterocycles. The Morgan fingerprint density at radius 2 is 2.00 bits per heavy atom. The zero-order valence-corrected chi connectivity index (χ0v) is 11.1. The predicted molar refractivity (Wildman–Crippen MR) is 74.5 cm³/mol. The molecule has 97 valence electrons. The highest BCUT2D eigenvalue weighted by Crippen LogP contribution is 2.25. The third kappa shape index (κ3) is 2.93. The van der Waals surface area contributed by atoms with Crippen molar-refractivity contribution in [2.75, 3.05) is 19.6 Å². The number of piperidine rings is 1. The van der Waals surface area contributed by atoms with Crippen molar-refractivity contribution in [2.24, 2.45) is 0 Å². The number of nitrogens with zero attached hydrogens (tertiary/aromatic N) is 2. The summed E-state index contributed by atoms with van der Waals surface area (Å²) in [6, 6.07) is 9.59. The van der Waals surface area contributed by atoms with Gasteiger partial charge in [-0.2, -0.15) is 0 Å². The van der Waals surface area contributed by atoms with Crippen LogP contribution in [0.25, 0.3) is 0 Å². The van der Waals surface area contributed by atoms with Crippen molar-refractivity contribution in [3.05, 3.63) is 35.4 Å². The number of likely N-dealkylation sites (tertiary alicyclic amines) is 1. The molecule has 0 spiro atoms. The van der Waals surface area contributed by atoms with Crippen molar-refractivity contribution in [1.82, 2.24) is 10.2 Å². The van der Waals surface area contributed by atoms with Crippen LogP contribution < -0.4 is 5.32 Å². The largest absolute Gasteiger partial charge is 0.299 e. The van der Waals surface area contributed by atoms with Crippen molar-refractivity contribution in [3.8, 4) is 0 Å². The Morgan fingerprint density at radius 3 is 2.78 bits per heavy atom. The van der Waals surface area contributed by atoms with Crippen LogP contribution in [0.2, 0.25) is 0 Å². The molecule has 0 amide bonds. The van der Waals surface area contributed by atoms with E-state index in [-0.39, 0.29) is 0 Å². The molecule has 1 aromatic carbocycles. The molecule has 1 unspecified atom stereocenters. The molecule has 1 atom stereocenters. The molecule has 0 aliphatic carbocycles. The maximum atomic E-state index is 4.68. The predicted octanol–water partition coefficient (Wildman–Crippen LogP) is 3.11. The molecule has 0 N–H and O–H groups in total. The van der Waals surface area contributed by atoms with E-state index in [1.807, 2.05) is 0 Å². The summed E-state index contributed by atoms with van der Waals surface area (Å²) < 4.78 is 0. The van der Waals surface area contributed by atoms with Gasteiger partial charge in [0.25, 0.3) is 0 Å². The average Bonchev–Trinajstić information content (AvgIpc) is 2.94. The number of hydrogen-bond donors (Lipinski definition) is 0. The minimum absolute atomic E-state index is 0.478. The summed E-state index contributed by atoms with van der Waals surface area (Å²) >= 11 is 0. The lowest BCUT2D eigenvalue weighted by Crippen LogP contribution is -2.29. The monoisotopic (exact) mass is 243 g/mol. The van der Waals surface area contributed by atoms with E-state index in [4.69, 9.17) is 0 Å². The van der Waals surface area contributed by atoms with Crippen LogP contribution in [0, 0.1) is 0 Å². The van der Waals surface area contributed by atoms with E-state index in [0.29, 0.717) is 6.04 Å². The molecule has 2 saturated heterocycles. The minimum Gasteiger partial charge on any atom is -0.299 e. The summed E-state index contributed by atoms with van der Waals surface area (Å²) in [6.45, 7) is 4.73. The van der Waals surface area contributed by atoms with Crippen molar-refractivity contribution >= 4 is 0 Å². The Labute approximate surface area is 110 Å². The van der Waals surface area contributed by atoms with Crippen molar-refractivity contribution in [2.45, 2.75) is 44.7 Å². The lowest BCUT2D eigenvalue weighted by Gasteiger charge is -2.26. The van der Waals surface area contributed by atoms with Gasteiger partial charge in [-0.3, -0.25) is 4.90 Å². The first-order chi connectivity index (χ1) is 8.92. The van der Waals surface area contributed by atoms with Crippen LogP contribution in [0.4, 0.5) is 0 Å². The SMILES string of the molecule is c1cc(CN2CCCCC2)cc(C2CCC[N]2)c1. The molecular formula is C16H23N2. The van der Waals surface area contributed by atoms with Gasteiger partial charge in [0, 0.05) is 19.1 Å². The fraction of sp³-hybridized carbons (Fsp3) is 0.625. The quantitative estimate of drug-likeness (QED) is 0.797. The summed E-state index contributed by atoms with van der Waals surface area (Å²) in [5.74, 6) is 0. The van der Waals surface area contributed by atoms with Crippen LogP contribution >= 0.6 is 0 Å². The minimum atomic E-state index is 0.478. The first kappa shape index (κ1) is 12.2. The summed E-state index contributed by atoms with van der Waals surface area (Å²) in [4.78, 5) is 2.59. The van der Waals surface area contributed by atoms with Crippen LogP contribution in [0.5, 0.6) is 0 Å². The van der Waals surface area contributed by atoms with Gasteiger partial charge in [0.05, 0.1) is 0 Å². The van der Waals surface area contributed by atoms with Gasteiger partial charge < -0.3 is 0 Å². The van der Waals surface area contributed by atoms with Gasteiger partial charge in [-0.1, -0.05) is 30.7 Å². The smallest absolute Gasteiger partial charge is 0.0496 e. The van der Waals surface area contributed by atoms with E-state index in [1.54, 1.807) is 0 Å². The Kier molecular flexibility index (Phi) is 3.96.